The Hall–Kier alpha value is -1.78. The molecular weight excluding hydrogens is 322 g/mol. The van der Waals surface area contributed by atoms with Crippen LogP contribution in [0.1, 0.15) is 40.2 Å². The van der Waals surface area contributed by atoms with Crippen molar-refractivity contribution in [3.05, 3.63) is 52.8 Å². The van der Waals surface area contributed by atoms with E-state index in [4.69, 9.17) is 0 Å². The van der Waals surface area contributed by atoms with Crippen molar-refractivity contribution >= 4 is 18.3 Å². The van der Waals surface area contributed by atoms with Gasteiger partial charge in [-0.15, -0.1) is 12.4 Å². The van der Waals surface area contributed by atoms with Gasteiger partial charge in [0.2, 0.25) is 0 Å². The number of aryl methyl sites for hydroxylation is 2. The monoisotopic (exact) mass is 347 g/mol. The van der Waals surface area contributed by atoms with Crippen molar-refractivity contribution in [2.45, 2.75) is 39.7 Å². The van der Waals surface area contributed by atoms with E-state index in [1.54, 1.807) is 0 Å². The van der Waals surface area contributed by atoms with E-state index < -0.39 is 0 Å². The molecule has 2 N–H and O–H groups in total. The van der Waals surface area contributed by atoms with Crippen LogP contribution in [0.15, 0.2) is 30.3 Å². The van der Waals surface area contributed by atoms with E-state index in [1.165, 1.54) is 5.56 Å². The van der Waals surface area contributed by atoms with E-state index in [9.17, 15) is 4.79 Å². The molecule has 1 saturated heterocycles. The predicted octanol–water partition coefficient (Wildman–Crippen LogP) is 3.31. The van der Waals surface area contributed by atoms with Crippen LogP contribution < -0.4 is 10.6 Å². The molecule has 1 fully saturated rings. The smallest absolute Gasteiger partial charge is 0.253 e. The Morgan fingerprint density at radius 2 is 2.04 bits per heavy atom. The second-order valence-electron chi connectivity index (χ2n) is 6.48. The van der Waals surface area contributed by atoms with Crippen molar-refractivity contribution in [1.29, 1.82) is 0 Å². The maximum atomic E-state index is 12.6. The molecule has 24 heavy (non-hydrogen) atoms. The number of carbonyl (C=O) groups is 1. The molecule has 0 aliphatic carbocycles. The summed E-state index contributed by atoms with van der Waals surface area (Å²) in [7, 11) is 0. The van der Waals surface area contributed by atoms with Gasteiger partial charge in [0.25, 0.3) is 5.91 Å². The Morgan fingerprint density at radius 1 is 1.25 bits per heavy atom. The highest BCUT2D eigenvalue weighted by Crippen LogP contribution is 2.21. The van der Waals surface area contributed by atoms with E-state index in [0.717, 1.165) is 48.6 Å². The molecule has 4 nitrogen and oxygen atoms in total. The van der Waals surface area contributed by atoms with Crippen molar-refractivity contribution in [3.8, 4) is 5.69 Å². The molecule has 1 aromatic heterocycles. The number of piperidine rings is 1. The van der Waals surface area contributed by atoms with Gasteiger partial charge < -0.3 is 15.2 Å². The largest absolute Gasteiger partial charge is 0.348 e. The van der Waals surface area contributed by atoms with Gasteiger partial charge >= 0.3 is 0 Å². The van der Waals surface area contributed by atoms with Gasteiger partial charge in [-0.3, -0.25) is 4.79 Å². The summed E-state index contributed by atoms with van der Waals surface area (Å²) >= 11 is 0. The fourth-order valence-corrected chi connectivity index (χ4v) is 3.40. The lowest BCUT2D eigenvalue weighted by molar-refractivity contribution is 0.0930. The molecule has 1 aliphatic rings. The number of hydrogen-bond donors (Lipinski definition) is 2. The first-order valence-corrected chi connectivity index (χ1v) is 8.34. The molecule has 2 heterocycles. The average Bonchev–Trinajstić information content (AvgIpc) is 2.83. The van der Waals surface area contributed by atoms with Gasteiger partial charge in [0.1, 0.15) is 0 Å². The number of hydrogen-bond acceptors (Lipinski definition) is 2. The summed E-state index contributed by atoms with van der Waals surface area (Å²) in [6, 6.07) is 10.6. The predicted molar refractivity (Wildman–Crippen MR) is 101 cm³/mol. The SMILES string of the molecule is Cc1cccc(-n2c(C)cc(C(=O)NC3CCCNC3)c2C)c1.Cl. The number of aromatic nitrogens is 1. The van der Waals surface area contributed by atoms with E-state index in [0.29, 0.717) is 0 Å². The van der Waals surface area contributed by atoms with Crippen molar-refractivity contribution < 1.29 is 4.79 Å². The quantitative estimate of drug-likeness (QED) is 0.894. The minimum atomic E-state index is 0. The maximum absolute atomic E-state index is 12.6. The molecule has 0 bridgehead atoms. The zero-order chi connectivity index (χ0) is 16.4. The molecular formula is C19H26ClN3O. The van der Waals surface area contributed by atoms with Crippen molar-refractivity contribution in [2.75, 3.05) is 13.1 Å². The Labute approximate surface area is 150 Å². The van der Waals surface area contributed by atoms with Crippen LogP contribution in [0.25, 0.3) is 5.69 Å². The molecule has 5 heteroatoms. The van der Waals surface area contributed by atoms with Crippen LogP contribution in [-0.4, -0.2) is 29.6 Å². The number of nitrogens with zero attached hydrogens (tertiary/aromatic N) is 1. The van der Waals surface area contributed by atoms with E-state index in [2.05, 4.69) is 46.4 Å². The third-order valence-corrected chi connectivity index (χ3v) is 4.57. The van der Waals surface area contributed by atoms with E-state index >= 15 is 0 Å². The Balaban J connectivity index is 0.00000208. The van der Waals surface area contributed by atoms with Gasteiger partial charge in [-0.2, -0.15) is 0 Å². The summed E-state index contributed by atoms with van der Waals surface area (Å²) in [5.74, 6) is 0.0331. The summed E-state index contributed by atoms with van der Waals surface area (Å²) in [6.45, 7) is 8.07. The second-order valence-corrected chi connectivity index (χ2v) is 6.48. The van der Waals surface area contributed by atoms with Crippen LogP contribution in [0.2, 0.25) is 0 Å². The van der Waals surface area contributed by atoms with Crippen LogP contribution in [0.3, 0.4) is 0 Å². The first-order chi connectivity index (χ1) is 11.1. The topological polar surface area (TPSA) is 46.1 Å². The molecule has 1 atom stereocenters. The van der Waals surface area contributed by atoms with Gasteiger partial charge in [0.15, 0.2) is 0 Å². The third-order valence-electron chi connectivity index (χ3n) is 4.57. The number of nitrogens with one attached hydrogen (secondary N) is 2. The van der Waals surface area contributed by atoms with Gasteiger partial charge in [-0.05, 0) is 63.9 Å². The van der Waals surface area contributed by atoms with Crippen molar-refractivity contribution in [3.63, 3.8) is 0 Å². The number of halogens is 1. The first-order valence-electron chi connectivity index (χ1n) is 8.34. The van der Waals surface area contributed by atoms with Gasteiger partial charge in [0, 0.05) is 29.7 Å². The van der Waals surface area contributed by atoms with E-state index in [-0.39, 0.29) is 24.4 Å². The summed E-state index contributed by atoms with van der Waals surface area (Å²) in [5, 5.41) is 6.50. The number of rotatable bonds is 3. The van der Waals surface area contributed by atoms with Crippen LogP contribution >= 0.6 is 12.4 Å². The second kappa shape index (κ2) is 7.86. The summed E-state index contributed by atoms with van der Waals surface area (Å²) in [5.41, 5.74) is 5.18. The standard InChI is InChI=1S/C19H25N3O.ClH/c1-13-6-4-8-17(10-13)22-14(2)11-18(15(22)3)19(23)21-16-7-5-9-20-12-16;/h4,6,8,10-11,16,20H,5,7,9,12H2,1-3H3,(H,21,23);1H. The molecule has 1 unspecified atom stereocenters. The van der Waals surface area contributed by atoms with Gasteiger partial charge in [-0.1, -0.05) is 12.1 Å². The molecule has 1 aromatic carbocycles. The van der Waals surface area contributed by atoms with E-state index in [1.807, 2.05) is 19.9 Å². The Bertz CT molecular complexity index is 717. The normalized spacial score (nSPS) is 17.2. The first kappa shape index (κ1) is 18.6. The van der Waals surface area contributed by atoms with Crippen LogP contribution in [0.4, 0.5) is 0 Å². The minimum absolute atomic E-state index is 0. The number of benzene rings is 1. The lowest BCUT2D eigenvalue weighted by Gasteiger charge is -2.23. The zero-order valence-electron chi connectivity index (χ0n) is 14.6. The fraction of sp³-hybridized carbons (Fsp3) is 0.421. The molecule has 0 spiro atoms. The summed E-state index contributed by atoms with van der Waals surface area (Å²) in [6.07, 6.45) is 2.17. The third kappa shape index (κ3) is 3.82. The summed E-state index contributed by atoms with van der Waals surface area (Å²) < 4.78 is 2.15. The lowest BCUT2D eigenvalue weighted by Crippen LogP contribution is -2.45. The molecule has 130 valence electrons. The maximum Gasteiger partial charge on any atom is 0.253 e. The Kier molecular flexibility index (Phi) is 6.08. The van der Waals surface area contributed by atoms with Crippen LogP contribution in [0, 0.1) is 20.8 Å². The van der Waals surface area contributed by atoms with Crippen LogP contribution in [-0.2, 0) is 0 Å². The zero-order valence-corrected chi connectivity index (χ0v) is 15.4. The van der Waals surface area contributed by atoms with Gasteiger partial charge in [0.05, 0.1) is 5.56 Å². The van der Waals surface area contributed by atoms with Gasteiger partial charge in [-0.25, -0.2) is 0 Å². The van der Waals surface area contributed by atoms with Crippen molar-refractivity contribution in [1.82, 2.24) is 15.2 Å². The highest BCUT2D eigenvalue weighted by Gasteiger charge is 2.20. The minimum Gasteiger partial charge on any atom is -0.348 e. The molecule has 1 amide bonds. The number of amides is 1. The molecule has 0 saturated carbocycles. The average molecular weight is 348 g/mol. The Morgan fingerprint density at radius 3 is 2.71 bits per heavy atom. The lowest BCUT2D eigenvalue weighted by atomic mass is 10.1. The summed E-state index contributed by atoms with van der Waals surface area (Å²) in [4.78, 5) is 12.6. The molecule has 3 rings (SSSR count). The number of carbonyl (C=O) groups excluding carboxylic acids is 1. The highest BCUT2D eigenvalue weighted by atomic mass is 35.5. The van der Waals surface area contributed by atoms with Crippen molar-refractivity contribution in [2.24, 2.45) is 0 Å². The fourth-order valence-electron chi connectivity index (χ4n) is 3.40. The van der Waals surface area contributed by atoms with Crippen LogP contribution in [0.5, 0.6) is 0 Å². The highest BCUT2D eigenvalue weighted by molar-refractivity contribution is 5.96. The molecule has 0 radical (unpaired) electrons. The molecule has 1 aliphatic heterocycles. The molecule has 2 aromatic rings.